The summed E-state index contributed by atoms with van der Waals surface area (Å²) in [6, 6.07) is 6.59. The molecular formula is C60H80N4O22. The molecule has 5 heterocycles. The van der Waals surface area contributed by atoms with E-state index in [9.17, 15) is 65.4 Å². The van der Waals surface area contributed by atoms with E-state index in [-0.39, 0.29) is 97.0 Å². The number of allylic oxidation sites excluding steroid dienone is 9. The molecule has 5 aromatic rings. The summed E-state index contributed by atoms with van der Waals surface area (Å²) < 4.78 is 47.5. The number of aromatic hydroxyl groups is 1. The second kappa shape index (κ2) is 31.1. The van der Waals surface area contributed by atoms with Crippen molar-refractivity contribution in [3.8, 4) is 40.1 Å². The highest BCUT2D eigenvalue weighted by atomic mass is 16.7. The molecule has 86 heavy (non-hydrogen) atoms. The second-order valence-corrected chi connectivity index (χ2v) is 21.4. The topological polar surface area (TPSA) is 390 Å². The average molecular weight is 1210 g/mol. The lowest BCUT2D eigenvalue weighted by molar-refractivity contribution is -0.318. The Morgan fingerprint density at radius 2 is 1.47 bits per heavy atom. The van der Waals surface area contributed by atoms with Gasteiger partial charge in [0.25, 0.3) is 5.56 Å². The Bertz CT molecular complexity index is 3430. The Balaban J connectivity index is 0.000000281. The van der Waals surface area contributed by atoms with Crippen molar-refractivity contribution in [2.24, 2.45) is 19.5 Å². The smallest absolute Gasteiger partial charge is 0.332 e. The second-order valence-electron chi connectivity index (χ2n) is 21.4. The Hall–Kier alpha value is -7.02. The number of aliphatic hydroxyl groups excluding tert-OH is 10. The number of fused-ring (bicyclic) bond motifs is 2. The van der Waals surface area contributed by atoms with Crippen LogP contribution < -0.4 is 35.6 Å². The number of aromatic nitrogens is 4. The van der Waals surface area contributed by atoms with E-state index in [2.05, 4.69) is 55.9 Å². The highest BCUT2D eigenvalue weighted by Crippen LogP contribution is 2.42. The number of ether oxygens (including phenoxy) is 7. The number of rotatable bonds is 20. The first-order valence-corrected chi connectivity index (χ1v) is 27.9. The zero-order valence-electron chi connectivity index (χ0n) is 49.2. The Labute approximate surface area is 494 Å². The number of benzene rings is 2. The van der Waals surface area contributed by atoms with Crippen LogP contribution in [0.1, 0.15) is 60.8 Å². The summed E-state index contributed by atoms with van der Waals surface area (Å²) in [6.45, 7) is 10.5. The molecule has 0 spiro atoms. The van der Waals surface area contributed by atoms with E-state index in [1.165, 1.54) is 85.1 Å². The van der Waals surface area contributed by atoms with Gasteiger partial charge in [-0.2, -0.15) is 0 Å². The van der Waals surface area contributed by atoms with E-state index in [1.54, 1.807) is 13.1 Å². The van der Waals surface area contributed by atoms with Crippen LogP contribution in [-0.2, 0) is 28.3 Å². The molecule has 1 aliphatic carbocycles. The minimum absolute atomic E-state index is 0.0380. The van der Waals surface area contributed by atoms with Gasteiger partial charge in [0.05, 0.1) is 45.5 Å². The predicted molar refractivity (Wildman–Crippen MR) is 313 cm³/mol. The minimum Gasteiger partial charge on any atom is -0.507 e. The molecule has 8 rings (SSSR count). The molecule has 26 heteroatoms. The van der Waals surface area contributed by atoms with E-state index < -0.39 is 84.9 Å². The number of aliphatic hydroxyl groups is 10. The normalized spacial score (nSPS) is 24.4. The molecule has 2 fully saturated rings. The van der Waals surface area contributed by atoms with Gasteiger partial charge in [-0.15, -0.1) is 0 Å². The van der Waals surface area contributed by atoms with Crippen LogP contribution in [0.4, 0.5) is 0 Å². The van der Waals surface area contributed by atoms with Crippen LogP contribution in [0.5, 0.6) is 28.7 Å². The van der Waals surface area contributed by atoms with Crippen LogP contribution in [0.15, 0.2) is 114 Å². The monoisotopic (exact) mass is 1210 g/mol. The first kappa shape index (κ1) is 68.1. The van der Waals surface area contributed by atoms with Crippen molar-refractivity contribution in [2.45, 2.75) is 122 Å². The number of hydrogen-bond acceptors (Lipinski definition) is 23. The largest absolute Gasteiger partial charge is 0.507 e. The van der Waals surface area contributed by atoms with E-state index in [0.29, 0.717) is 16.6 Å². The van der Waals surface area contributed by atoms with Gasteiger partial charge in [-0.05, 0) is 76.1 Å². The van der Waals surface area contributed by atoms with Crippen molar-refractivity contribution in [1.82, 2.24) is 19.1 Å². The van der Waals surface area contributed by atoms with Gasteiger partial charge in [-0.3, -0.25) is 18.7 Å². The number of hydrogen-bond donors (Lipinski definition) is 12. The van der Waals surface area contributed by atoms with Crippen molar-refractivity contribution >= 4 is 22.1 Å². The first-order chi connectivity index (χ1) is 40.9. The van der Waals surface area contributed by atoms with Crippen LogP contribution in [-0.4, -0.2) is 190 Å². The molecule has 3 aliphatic rings. The molecule has 12 N–H and O–H groups in total. The fraction of sp³-hybridized carbons (Fsp3) is 0.500. The molecule has 0 amide bonds. The zero-order chi connectivity index (χ0) is 63.2. The third-order valence-electron chi connectivity index (χ3n) is 14.5. The van der Waals surface area contributed by atoms with E-state index >= 15 is 0 Å². The summed E-state index contributed by atoms with van der Waals surface area (Å²) >= 11 is 0. The van der Waals surface area contributed by atoms with Gasteiger partial charge < -0.3 is 98.7 Å². The summed E-state index contributed by atoms with van der Waals surface area (Å²) in [5.74, 6) is -1.31. The number of aromatic amines is 1. The summed E-state index contributed by atoms with van der Waals surface area (Å²) in [7, 11) is 3.01. The standard InChI is InChI=1S/C33H42O19.C20H30O.C7H8N4O2/c1-14-23(38)26(41)28(43)32(49-14)48-13-21-24(39)27(42)29(44)33(51-21)52-31-25(40)22-17(37)11-16(45-7-4-34)12-20(22)50-30(31)15-2-3-18(46-8-5-35)19(10-15)47-9-6-36;1-16(8-6-9-17(2)13-15-21)11-12-19-18(3)10-7-14-20(19,4)5;1-10-5-4(8-3-9-5)6(12)11(2)7(10)13/h2-3,10-12,14,21,23-24,26-29,32-39,41-44H,4-9,13H2,1H3;6,8-9,11-13,21H,7,10,14-15H2,1-5H3;3H,1-2H3,(H,8,9)/b;9-6+,12-11+,16-8+,17-13+;/t14-,21+,23-,24+,26+,27-,28+,29+,32+,33-;;/m0../s1. The van der Waals surface area contributed by atoms with Crippen LogP contribution in [0, 0.1) is 5.41 Å². The molecule has 3 aromatic heterocycles. The Kier molecular flexibility index (Phi) is 24.6. The van der Waals surface area contributed by atoms with Crippen molar-refractivity contribution in [2.75, 3.05) is 52.9 Å². The molecule has 2 saturated heterocycles. The molecule has 0 bridgehead atoms. The predicted octanol–water partition coefficient (Wildman–Crippen LogP) is 1.78. The van der Waals surface area contributed by atoms with Crippen molar-refractivity contribution in [3.05, 3.63) is 126 Å². The van der Waals surface area contributed by atoms with Crippen molar-refractivity contribution in [1.29, 1.82) is 0 Å². The molecule has 0 radical (unpaired) electrons. The van der Waals surface area contributed by atoms with E-state index in [1.807, 2.05) is 19.1 Å². The minimum atomic E-state index is -1.98. The maximum Gasteiger partial charge on any atom is 0.332 e. The molecule has 2 aliphatic heterocycles. The third kappa shape index (κ3) is 16.5. The lowest BCUT2D eigenvalue weighted by Gasteiger charge is -2.42. The van der Waals surface area contributed by atoms with Crippen LogP contribution in [0.3, 0.4) is 0 Å². The zero-order valence-corrected chi connectivity index (χ0v) is 49.2. The van der Waals surface area contributed by atoms with Gasteiger partial charge in [0.2, 0.25) is 17.5 Å². The number of aryl methyl sites for hydroxylation is 1. The van der Waals surface area contributed by atoms with Gasteiger partial charge in [0, 0.05) is 31.8 Å². The van der Waals surface area contributed by atoms with Crippen molar-refractivity contribution < 1.29 is 93.7 Å². The number of imidazole rings is 1. The van der Waals surface area contributed by atoms with E-state index in [4.69, 9.17) is 42.7 Å². The number of H-pyrrole nitrogens is 1. The summed E-state index contributed by atoms with van der Waals surface area (Å²) in [6.07, 6.45) is 1.39. The third-order valence-corrected chi connectivity index (χ3v) is 14.5. The highest BCUT2D eigenvalue weighted by Gasteiger charge is 2.48. The summed E-state index contributed by atoms with van der Waals surface area (Å²) in [4.78, 5) is 43.5. The van der Waals surface area contributed by atoms with Gasteiger partial charge in [0.1, 0.15) is 90.5 Å². The Morgan fingerprint density at radius 3 is 2.14 bits per heavy atom. The number of nitrogens with zero attached hydrogens (tertiary/aromatic N) is 3. The van der Waals surface area contributed by atoms with Crippen molar-refractivity contribution in [3.63, 3.8) is 0 Å². The lowest BCUT2D eigenvalue weighted by Crippen LogP contribution is -2.61. The number of phenols is 1. The van der Waals surface area contributed by atoms with Crippen LogP contribution >= 0.6 is 0 Å². The quantitative estimate of drug-likeness (QED) is 0.0494. The molecule has 472 valence electrons. The molecule has 2 aromatic carbocycles. The molecular weight excluding hydrogens is 1130 g/mol. The summed E-state index contributed by atoms with van der Waals surface area (Å²) in [5.41, 5.74) is 4.59. The highest BCUT2D eigenvalue weighted by molar-refractivity contribution is 5.88. The summed E-state index contributed by atoms with van der Waals surface area (Å²) in [5, 5.41) is 110. The Morgan fingerprint density at radius 1 is 0.802 bits per heavy atom. The molecule has 26 nitrogen and oxygen atoms in total. The first-order valence-electron chi connectivity index (χ1n) is 27.9. The molecule has 0 unspecified atom stereocenters. The maximum absolute atomic E-state index is 14.1. The van der Waals surface area contributed by atoms with Gasteiger partial charge in [0.15, 0.2) is 29.2 Å². The van der Waals surface area contributed by atoms with Gasteiger partial charge >= 0.3 is 5.69 Å². The maximum atomic E-state index is 14.1. The molecule has 0 saturated carbocycles. The fourth-order valence-electron chi connectivity index (χ4n) is 9.72. The fourth-order valence-corrected chi connectivity index (χ4v) is 9.72. The lowest BCUT2D eigenvalue weighted by atomic mass is 9.72. The van der Waals surface area contributed by atoms with Crippen LogP contribution in [0.2, 0.25) is 0 Å². The van der Waals surface area contributed by atoms with Gasteiger partial charge in [-0.25, -0.2) is 9.78 Å². The average Bonchev–Trinajstić information content (AvgIpc) is 1.06. The van der Waals surface area contributed by atoms with Gasteiger partial charge in [-0.1, -0.05) is 67.0 Å². The van der Waals surface area contributed by atoms with Crippen LogP contribution in [0.25, 0.3) is 33.5 Å². The number of phenolic OH excluding ortho intramolecular Hbond substituents is 1. The number of nitrogens with one attached hydrogen (secondary N) is 1. The van der Waals surface area contributed by atoms with E-state index in [0.717, 1.165) is 16.2 Å². The molecule has 10 atom stereocenters. The SMILES string of the molecule is CC1=C(/C=C/C(C)=C/C=C/C(C)=C/CO)C(C)(C)CCC1.C[C@@H]1O[C@@H](OC[C@H]2O[C@@H](Oc3c(-c4ccc(OCCO)c(OCCO)c4)oc4cc(OCCO)cc(O)c4c3=O)[C@H](O)[C@@H](O)[C@@H]2O)[C@H](O)[C@H](O)[C@H]1O.Cn1c(=O)c2[nH]cnc2n(C)c1=O.